The van der Waals surface area contributed by atoms with Gasteiger partial charge in [-0.25, -0.2) is 0 Å². The Labute approximate surface area is 88.6 Å². The summed E-state index contributed by atoms with van der Waals surface area (Å²) >= 11 is 0. The number of rotatable bonds is 0. The van der Waals surface area contributed by atoms with E-state index >= 15 is 0 Å². The van der Waals surface area contributed by atoms with Gasteiger partial charge in [0.25, 0.3) is 0 Å². The summed E-state index contributed by atoms with van der Waals surface area (Å²) in [5, 5.41) is 5.73. The van der Waals surface area contributed by atoms with Crippen LogP contribution in [0.4, 0.5) is 0 Å². The van der Waals surface area contributed by atoms with E-state index in [9.17, 15) is 9.59 Å². The number of carbonyl (C=O) groups excluding carboxylic acids is 2. The van der Waals surface area contributed by atoms with Gasteiger partial charge in [-0.15, -0.1) is 12.4 Å². The number of hydrogen-bond donors (Lipinski definition) is 2. The molecule has 5 nitrogen and oxygen atoms in total. The van der Waals surface area contributed by atoms with Crippen molar-refractivity contribution >= 4 is 24.2 Å². The van der Waals surface area contributed by atoms with Crippen molar-refractivity contribution in [3.05, 3.63) is 0 Å². The molecule has 2 N–H and O–H groups in total. The predicted molar refractivity (Wildman–Crippen MR) is 53.2 cm³/mol. The number of halogens is 1. The van der Waals surface area contributed by atoms with Crippen LogP contribution in [-0.4, -0.2) is 48.9 Å². The molecule has 0 aromatic carbocycles. The SMILES string of the molecule is Cl.O=C1NCCCN2C(=O)CNCC12. The van der Waals surface area contributed by atoms with Gasteiger partial charge in [0.2, 0.25) is 11.8 Å². The fourth-order valence-corrected chi connectivity index (χ4v) is 1.79. The highest BCUT2D eigenvalue weighted by atomic mass is 35.5. The molecule has 0 aromatic heterocycles. The zero-order chi connectivity index (χ0) is 9.26. The molecule has 1 atom stereocenters. The Hall–Kier alpha value is -0.810. The lowest BCUT2D eigenvalue weighted by Crippen LogP contribution is -2.58. The van der Waals surface area contributed by atoms with Gasteiger partial charge in [0.05, 0.1) is 6.54 Å². The van der Waals surface area contributed by atoms with Crippen LogP contribution in [0.25, 0.3) is 0 Å². The van der Waals surface area contributed by atoms with Crippen LogP contribution in [0.3, 0.4) is 0 Å². The molecule has 0 radical (unpaired) electrons. The average molecular weight is 220 g/mol. The van der Waals surface area contributed by atoms with Crippen LogP contribution in [0.1, 0.15) is 6.42 Å². The maximum absolute atomic E-state index is 11.4. The van der Waals surface area contributed by atoms with E-state index in [1.165, 1.54) is 0 Å². The molecule has 2 aliphatic rings. The first-order valence-electron chi connectivity index (χ1n) is 4.57. The van der Waals surface area contributed by atoms with Crippen LogP contribution in [-0.2, 0) is 9.59 Å². The second kappa shape index (κ2) is 4.61. The van der Waals surface area contributed by atoms with Crippen molar-refractivity contribution in [2.75, 3.05) is 26.2 Å². The Kier molecular flexibility index (Phi) is 3.71. The Morgan fingerprint density at radius 1 is 1.36 bits per heavy atom. The molecule has 0 spiro atoms. The zero-order valence-corrected chi connectivity index (χ0v) is 8.60. The summed E-state index contributed by atoms with van der Waals surface area (Å²) in [6.07, 6.45) is 0.855. The van der Waals surface area contributed by atoms with Gasteiger partial charge in [-0.05, 0) is 6.42 Å². The number of nitrogens with one attached hydrogen (secondary N) is 2. The molecule has 2 fully saturated rings. The lowest BCUT2D eigenvalue weighted by atomic mass is 10.2. The van der Waals surface area contributed by atoms with Gasteiger partial charge in [-0.2, -0.15) is 0 Å². The summed E-state index contributed by atoms with van der Waals surface area (Å²) in [7, 11) is 0. The van der Waals surface area contributed by atoms with Crippen molar-refractivity contribution in [2.45, 2.75) is 12.5 Å². The van der Waals surface area contributed by atoms with E-state index in [1.807, 2.05) is 0 Å². The molecule has 0 aliphatic carbocycles. The Balaban J connectivity index is 0.000000980. The summed E-state index contributed by atoms with van der Waals surface area (Å²) in [5.41, 5.74) is 0. The van der Waals surface area contributed by atoms with Crippen LogP contribution in [0.15, 0.2) is 0 Å². The first kappa shape index (κ1) is 11.3. The number of fused-ring (bicyclic) bond motifs is 1. The first-order chi connectivity index (χ1) is 6.29. The monoisotopic (exact) mass is 219 g/mol. The van der Waals surface area contributed by atoms with E-state index in [1.54, 1.807) is 4.90 Å². The van der Waals surface area contributed by atoms with Crippen molar-refractivity contribution in [1.82, 2.24) is 15.5 Å². The van der Waals surface area contributed by atoms with Gasteiger partial charge in [0.15, 0.2) is 0 Å². The smallest absolute Gasteiger partial charge is 0.244 e. The summed E-state index contributed by atoms with van der Waals surface area (Å²) < 4.78 is 0. The zero-order valence-electron chi connectivity index (χ0n) is 7.78. The lowest BCUT2D eigenvalue weighted by molar-refractivity contribution is -0.141. The minimum absolute atomic E-state index is 0. The van der Waals surface area contributed by atoms with Crippen LogP contribution >= 0.6 is 12.4 Å². The molecule has 6 heteroatoms. The van der Waals surface area contributed by atoms with Gasteiger partial charge in [-0.3, -0.25) is 9.59 Å². The highest BCUT2D eigenvalue weighted by Gasteiger charge is 2.33. The van der Waals surface area contributed by atoms with Crippen molar-refractivity contribution in [3.8, 4) is 0 Å². The molecule has 2 heterocycles. The minimum Gasteiger partial charge on any atom is -0.354 e. The second-order valence-corrected chi connectivity index (χ2v) is 3.38. The van der Waals surface area contributed by atoms with E-state index in [0.29, 0.717) is 26.2 Å². The fraction of sp³-hybridized carbons (Fsp3) is 0.750. The van der Waals surface area contributed by atoms with E-state index in [-0.39, 0.29) is 30.3 Å². The molecule has 1 unspecified atom stereocenters. The van der Waals surface area contributed by atoms with Crippen LogP contribution in [0, 0.1) is 0 Å². The van der Waals surface area contributed by atoms with Gasteiger partial charge in [0, 0.05) is 19.6 Å². The molecular formula is C8H14ClN3O2. The number of carbonyl (C=O) groups is 2. The second-order valence-electron chi connectivity index (χ2n) is 3.38. The first-order valence-corrected chi connectivity index (χ1v) is 4.57. The summed E-state index contributed by atoms with van der Waals surface area (Å²) in [5.74, 6) is 0.00588. The van der Waals surface area contributed by atoms with Crippen LogP contribution in [0.5, 0.6) is 0 Å². The third-order valence-electron chi connectivity index (χ3n) is 2.49. The van der Waals surface area contributed by atoms with E-state index in [4.69, 9.17) is 0 Å². The Morgan fingerprint density at radius 3 is 2.93 bits per heavy atom. The van der Waals surface area contributed by atoms with Crippen LogP contribution < -0.4 is 10.6 Å². The normalized spacial score (nSPS) is 27.1. The molecular weight excluding hydrogens is 206 g/mol. The topological polar surface area (TPSA) is 61.4 Å². The number of piperazine rings is 1. The van der Waals surface area contributed by atoms with Crippen LogP contribution in [0.2, 0.25) is 0 Å². The van der Waals surface area contributed by atoms with E-state index in [0.717, 1.165) is 6.42 Å². The predicted octanol–water partition coefficient (Wildman–Crippen LogP) is -1.27. The number of amides is 2. The van der Waals surface area contributed by atoms with Gasteiger partial charge in [-0.1, -0.05) is 0 Å². The quantitative estimate of drug-likeness (QED) is 0.534. The third kappa shape index (κ3) is 1.99. The molecule has 80 valence electrons. The van der Waals surface area contributed by atoms with Crippen molar-refractivity contribution in [2.24, 2.45) is 0 Å². The molecule has 2 amide bonds. The van der Waals surface area contributed by atoms with Gasteiger partial charge in [0.1, 0.15) is 6.04 Å². The highest BCUT2D eigenvalue weighted by Crippen LogP contribution is 2.08. The Bertz CT molecular complexity index is 247. The Morgan fingerprint density at radius 2 is 2.14 bits per heavy atom. The maximum atomic E-state index is 11.4. The minimum atomic E-state index is -0.288. The number of hydrogen-bond acceptors (Lipinski definition) is 3. The largest absolute Gasteiger partial charge is 0.354 e. The van der Waals surface area contributed by atoms with Crippen molar-refractivity contribution in [3.63, 3.8) is 0 Å². The molecule has 0 bridgehead atoms. The lowest BCUT2D eigenvalue weighted by Gasteiger charge is -2.32. The maximum Gasteiger partial charge on any atom is 0.244 e. The summed E-state index contributed by atoms with van der Waals surface area (Å²) in [6, 6.07) is -0.288. The van der Waals surface area contributed by atoms with Crippen molar-refractivity contribution in [1.29, 1.82) is 0 Å². The van der Waals surface area contributed by atoms with E-state index in [2.05, 4.69) is 10.6 Å². The molecule has 2 rings (SSSR count). The van der Waals surface area contributed by atoms with Gasteiger partial charge >= 0.3 is 0 Å². The van der Waals surface area contributed by atoms with Crippen molar-refractivity contribution < 1.29 is 9.59 Å². The molecule has 2 saturated heterocycles. The fourth-order valence-electron chi connectivity index (χ4n) is 1.79. The summed E-state index contributed by atoms with van der Waals surface area (Å²) in [6.45, 7) is 2.32. The molecule has 2 aliphatic heterocycles. The molecule has 14 heavy (non-hydrogen) atoms. The van der Waals surface area contributed by atoms with E-state index < -0.39 is 0 Å². The highest BCUT2D eigenvalue weighted by molar-refractivity contribution is 5.90. The van der Waals surface area contributed by atoms with Gasteiger partial charge < -0.3 is 15.5 Å². The third-order valence-corrected chi connectivity index (χ3v) is 2.49. The number of nitrogens with zero attached hydrogens (tertiary/aromatic N) is 1. The molecule has 0 saturated carbocycles. The average Bonchev–Trinajstić information content (AvgIpc) is 2.30. The molecule has 0 aromatic rings. The summed E-state index contributed by atoms with van der Waals surface area (Å²) in [4.78, 5) is 24.5. The standard InChI is InChI=1S/C8H13N3O2.ClH/c12-7-5-9-4-6-8(13)10-2-1-3-11(6)7;/h6,9H,1-5H2,(H,10,13);1H.